The predicted molar refractivity (Wildman–Crippen MR) is 69.7 cm³/mol. The number of hydrogen-bond donors (Lipinski definition) is 1. The Morgan fingerprint density at radius 3 is 2.76 bits per heavy atom. The molecule has 0 radical (unpaired) electrons. The van der Waals surface area contributed by atoms with E-state index in [1.54, 1.807) is 12.4 Å². The van der Waals surface area contributed by atoms with Crippen LogP contribution in [0.1, 0.15) is 32.8 Å². The summed E-state index contributed by atoms with van der Waals surface area (Å²) in [7, 11) is 0. The highest BCUT2D eigenvalue weighted by Crippen LogP contribution is 2.19. The third-order valence-corrected chi connectivity index (χ3v) is 2.17. The minimum Gasteiger partial charge on any atom is -0.492 e. The fourth-order valence-corrected chi connectivity index (χ4v) is 1.19. The summed E-state index contributed by atoms with van der Waals surface area (Å²) in [6.07, 6.45) is 4.42. The number of aromatic nitrogens is 1. The lowest BCUT2D eigenvalue weighted by Gasteiger charge is -2.17. The summed E-state index contributed by atoms with van der Waals surface area (Å²) in [4.78, 5) is 4.08. The quantitative estimate of drug-likeness (QED) is 0.813. The molecule has 0 aromatic carbocycles. The van der Waals surface area contributed by atoms with Gasteiger partial charge in [-0.1, -0.05) is 32.6 Å². The second-order valence-electron chi connectivity index (χ2n) is 5.07. The fraction of sp³-hybridized carbons (Fsp3) is 0.500. The summed E-state index contributed by atoms with van der Waals surface area (Å²) >= 11 is 0. The van der Waals surface area contributed by atoms with E-state index in [0.29, 0.717) is 13.2 Å². The zero-order valence-electron chi connectivity index (χ0n) is 10.8. The topological polar surface area (TPSA) is 48.1 Å². The first-order valence-corrected chi connectivity index (χ1v) is 5.78. The van der Waals surface area contributed by atoms with Gasteiger partial charge < -0.3 is 10.5 Å². The minimum absolute atomic E-state index is 0.282. The Morgan fingerprint density at radius 1 is 1.35 bits per heavy atom. The van der Waals surface area contributed by atoms with Gasteiger partial charge in [0.2, 0.25) is 0 Å². The van der Waals surface area contributed by atoms with Crippen LogP contribution in [-0.2, 0) is 0 Å². The third-order valence-electron chi connectivity index (χ3n) is 2.17. The smallest absolute Gasteiger partial charge is 0.138 e. The van der Waals surface area contributed by atoms with E-state index >= 15 is 0 Å². The molecule has 0 amide bonds. The molecule has 0 saturated heterocycles. The molecule has 1 heterocycles. The number of nitrogens with two attached hydrogens (primary N) is 1. The van der Waals surface area contributed by atoms with Crippen LogP contribution in [0.3, 0.4) is 0 Å². The zero-order chi connectivity index (χ0) is 12.7. The van der Waals surface area contributed by atoms with Crippen molar-refractivity contribution in [3.63, 3.8) is 0 Å². The molecule has 0 spiro atoms. The van der Waals surface area contributed by atoms with Gasteiger partial charge in [-0.05, 0) is 17.9 Å². The van der Waals surface area contributed by atoms with Crippen molar-refractivity contribution < 1.29 is 4.74 Å². The molecule has 0 aliphatic carbocycles. The van der Waals surface area contributed by atoms with Crippen LogP contribution in [0, 0.1) is 17.3 Å². The van der Waals surface area contributed by atoms with Gasteiger partial charge >= 0.3 is 0 Å². The highest BCUT2D eigenvalue weighted by molar-refractivity contribution is 5.36. The van der Waals surface area contributed by atoms with E-state index in [2.05, 4.69) is 37.6 Å². The fourth-order valence-electron chi connectivity index (χ4n) is 1.19. The molecule has 0 bridgehead atoms. The van der Waals surface area contributed by atoms with Crippen LogP contribution in [0.15, 0.2) is 18.5 Å². The van der Waals surface area contributed by atoms with Gasteiger partial charge in [-0.2, -0.15) is 0 Å². The number of ether oxygens (including phenoxy) is 1. The Kier molecular flexibility index (Phi) is 4.99. The van der Waals surface area contributed by atoms with E-state index in [1.807, 2.05) is 6.07 Å². The standard InChI is InChI=1S/C14H20N2O/c1-14(2,3)6-8-17-13-9-12(5-4-7-15)10-16-11-13/h9-11H,6-8,15H2,1-3H3. The molecule has 0 fully saturated rings. The van der Waals surface area contributed by atoms with Crippen LogP contribution in [0.4, 0.5) is 0 Å². The number of hydrogen-bond acceptors (Lipinski definition) is 3. The normalized spacial score (nSPS) is 10.6. The average molecular weight is 232 g/mol. The lowest BCUT2D eigenvalue weighted by molar-refractivity contribution is 0.242. The van der Waals surface area contributed by atoms with Crippen LogP contribution in [0.25, 0.3) is 0 Å². The molecule has 0 aliphatic rings. The van der Waals surface area contributed by atoms with Crippen molar-refractivity contribution in [3.05, 3.63) is 24.0 Å². The van der Waals surface area contributed by atoms with Crippen LogP contribution < -0.4 is 10.5 Å². The van der Waals surface area contributed by atoms with Gasteiger partial charge in [-0.3, -0.25) is 4.98 Å². The van der Waals surface area contributed by atoms with E-state index in [9.17, 15) is 0 Å². The molecule has 0 saturated carbocycles. The van der Waals surface area contributed by atoms with E-state index in [4.69, 9.17) is 10.5 Å². The second kappa shape index (κ2) is 6.27. The Morgan fingerprint density at radius 2 is 2.12 bits per heavy atom. The molecule has 1 aromatic heterocycles. The van der Waals surface area contributed by atoms with Crippen LogP contribution in [0.5, 0.6) is 5.75 Å². The lowest BCUT2D eigenvalue weighted by Crippen LogP contribution is -2.11. The van der Waals surface area contributed by atoms with Gasteiger partial charge in [-0.25, -0.2) is 0 Å². The molecule has 0 atom stereocenters. The lowest BCUT2D eigenvalue weighted by atomic mass is 9.93. The summed E-state index contributed by atoms with van der Waals surface area (Å²) in [5.41, 5.74) is 6.44. The SMILES string of the molecule is CC(C)(C)CCOc1cncc(C#CCN)c1. The molecular formula is C14H20N2O. The van der Waals surface area contributed by atoms with Crippen LogP contribution in [0.2, 0.25) is 0 Å². The maximum Gasteiger partial charge on any atom is 0.138 e. The number of pyridine rings is 1. The van der Waals surface area contributed by atoms with Crippen molar-refractivity contribution in [2.24, 2.45) is 11.1 Å². The summed E-state index contributed by atoms with van der Waals surface area (Å²) in [6.45, 7) is 7.63. The van der Waals surface area contributed by atoms with Crippen molar-refractivity contribution in [1.82, 2.24) is 4.98 Å². The Balaban J connectivity index is 2.54. The Labute approximate surface area is 103 Å². The van der Waals surface area contributed by atoms with Gasteiger partial charge in [0.05, 0.1) is 19.3 Å². The predicted octanol–water partition coefficient (Wildman–Crippen LogP) is 2.21. The first-order valence-electron chi connectivity index (χ1n) is 5.78. The van der Waals surface area contributed by atoms with Crippen LogP contribution >= 0.6 is 0 Å². The van der Waals surface area contributed by atoms with Crippen molar-refractivity contribution in [3.8, 4) is 17.6 Å². The molecule has 3 nitrogen and oxygen atoms in total. The summed E-state index contributed by atoms with van der Waals surface area (Å²) in [5, 5.41) is 0. The molecule has 0 unspecified atom stereocenters. The van der Waals surface area contributed by atoms with Crippen LogP contribution in [-0.4, -0.2) is 18.1 Å². The molecule has 92 valence electrons. The largest absolute Gasteiger partial charge is 0.492 e. The maximum atomic E-state index is 5.64. The van der Waals surface area contributed by atoms with E-state index in [1.165, 1.54) is 0 Å². The summed E-state index contributed by atoms with van der Waals surface area (Å²) < 4.78 is 5.64. The van der Waals surface area contributed by atoms with Crippen molar-refractivity contribution in [2.45, 2.75) is 27.2 Å². The van der Waals surface area contributed by atoms with E-state index in [0.717, 1.165) is 17.7 Å². The first-order chi connectivity index (χ1) is 8.01. The monoisotopic (exact) mass is 232 g/mol. The Bertz CT molecular complexity index is 410. The average Bonchev–Trinajstić information content (AvgIpc) is 2.25. The number of nitrogens with zero attached hydrogens (tertiary/aromatic N) is 1. The highest BCUT2D eigenvalue weighted by Gasteiger charge is 2.09. The minimum atomic E-state index is 0.282. The van der Waals surface area contributed by atoms with E-state index in [-0.39, 0.29) is 5.41 Å². The van der Waals surface area contributed by atoms with Crippen molar-refractivity contribution in [1.29, 1.82) is 0 Å². The molecule has 1 rings (SSSR count). The van der Waals surface area contributed by atoms with Gasteiger partial charge in [-0.15, -0.1) is 0 Å². The molecule has 1 aromatic rings. The molecule has 17 heavy (non-hydrogen) atoms. The number of rotatable bonds is 3. The van der Waals surface area contributed by atoms with Gasteiger partial charge in [0.25, 0.3) is 0 Å². The van der Waals surface area contributed by atoms with E-state index < -0.39 is 0 Å². The van der Waals surface area contributed by atoms with Gasteiger partial charge in [0.15, 0.2) is 0 Å². The Hall–Kier alpha value is -1.53. The van der Waals surface area contributed by atoms with Gasteiger partial charge in [0, 0.05) is 11.8 Å². The van der Waals surface area contributed by atoms with Crippen molar-refractivity contribution >= 4 is 0 Å². The second-order valence-corrected chi connectivity index (χ2v) is 5.07. The summed E-state index contributed by atoms with van der Waals surface area (Å²) in [5.74, 6) is 6.49. The zero-order valence-corrected chi connectivity index (χ0v) is 10.8. The maximum absolute atomic E-state index is 5.64. The van der Waals surface area contributed by atoms with Gasteiger partial charge in [0.1, 0.15) is 5.75 Å². The molecule has 2 N–H and O–H groups in total. The summed E-state index contributed by atoms with van der Waals surface area (Å²) in [6, 6.07) is 1.89. The molecular weight excluding hydrogens is 212 g/mol. The molecule has 0 aliphatic heterocycles. The third kappa shape index (κ3) is 5.94. The first kappa shape index (κ1) is 13.5. The molecule has 3 heteroatoms. The highest BCUT2D eigenvalue weighted by atomic mass is 16.5. The van der Waals surface area contributed by atoms with Crippen molar-refractivity contribution in [2.75, 3.05) is 13.2 Å².